The van der Waals surface area contributed by atoms with Crippen molar-refractivity contribution in [1.82, 2.24) is 4.57 Å². The van der Waals surface area contributed by atoms with Gasteiger partial charge in [0.25, 0.3) is 0 Å². The van der Waals surface area contributed by atoms with Gasteiger partial charge in [0.05, 0.1) is 0 Å². The van der Waals surface area contributed by atoms with E-state index in [1.807, 2.05) is 0 Å². The van der Waals surface area contributed by atoms with Crippen molar-refractivity contribution in [1.29, 1.82) is 0 Å². The molecule has 0 N–H and O–H groups in total. The van der Waals surface area contributed by atoms with Crippen LogP contribution >= 0.6 is 0 Å². The van der Waals surface area contributed by atoms with Gasteiger partial charge < -0.3 is 4.57 Å². The van der Waals surface area contributed by atoms with Crippen molar-refractivity contribution in [3.63, 3.8) is 0 Å². The van der Waals surface area contributed by atoms with Gasteiger partial charge in [-0.1, -0.05) is 70.5 Å². The predicted molar refractivity (Wildman–Crippen MR) is 92.8 cm³/mol. The van der Waals surface area contributed by atoms with Crippen LogP contribution in [0.25, 0.3) is 21.8 Å². The van der Waals surface area contributed by atoms with E-state index in [0.717, 1.165) is 0 Å². The Labute approximate surface area is 127 Å². The van der Waals surface area contributed by atoms with E-state index in [1.54, 1.807) is 0 Å². The van der Waals surface area contributed by atoms with Crippen LogP contribution in [0, 0.1) is 5.41 Å². The Morgan fingerprint density at radius 2 is 1.33 bits per heavy atom. The van der Waals surface area contributed by atoms with Gasteiger partial charge in [0.1, 0.15) is 0 Å². The van der Waals surface area contributed by atoms with Crippen LogP contribution in [0.1, 0.15) is 46.6 Å². The number of hydrogen-bond acceptors (Lipinski definition) is 0. The molecule has 1 heteroatoms. The molecule has 0 aliphatic rings. The first-order chi connectivity index (χ1) is 10.0. The van der Waals surface area contributed by atoms with E-state index in [0.29, 0.717) is 6.04 Å². The third-order valence-electron chi connectivity index (χ3n) is 4.49. The molecule has 1 nitrogen and oxygen atoms in total. The number of fused-ring (bicyclic) bond motifs is 3. The summed E-state index contributed by atoms with van der Waals surface area (Å²) in [7, 11) is 0. The van der Waals surface area contributed by atoms with Crippen molar-refractivity contribution in [2.75, 3.05) is 0 Å². The van der Waals surface area contributed by atoms with Gasteiger partial charge in [-0.15, -0.1) is 0 Å². The van der Waals surface area contributed by atoms with Gasteiger partial charge in [0, 0.05) is 27.8 Å². The molecule has 1 heterocycles. The van der Waals surface area contributed by atoms with Crippen LogP contribution in [-0.2, 0) is 0 Å². The Hall–Kier alpha value is -1.76. The molecule has 0 aliphatic heterocycles. The number of rotatable bonds is 3. The van der Waals surface area contributed by atoms with Crippen molar-refractivity contribution in [2.24, 2.45) is 5.41 Å². The van der Waals surface area contributed by atoms with Crippen LogP contribution in [0.15, 0.2) is 48.5 Å². The molecular weight excluding hydrogens is 254 g/mol. The second-order valence-electron chi connectivity index (χ2n) is 7.07. The molecule has 3 aromatic rings. The summed E-state index contributed by atoms with van der Waals surface area (Å²) in [4.78, 5) is 0. The Bertz CT molecular complexity index is 705. The molecule has 110 valence electrons. The summed E-state index contributed by atoms with van der Waals surface area (Å²) in [5.41, 5.74) is 2.99. The maximum absolute atomic E-state index is 2.58. The minimum Gasteiger partial charge on any atom is -0.337 e. The number of para-hydroxylation sites is 2. The maximum Gasteiger partial charge on any atom is 0.0494 e. The van der Waals surface area contributed by atoms with Gasteiger partial charge in [-0.25, -0.2) is 0 Å². The minimum absolute atomic E-state index is 0.251. The first-order valence-electron chi connectivity index (χ1n) is 8.01. The summed E-state index contributed by atoms with van der Waals surface area (Å²) in [6.45, 7) is 9.36. The van der Waals surface area contributed by atoms with E-state index < -0.39 is 0 Å². The highest BCUT2D eigenvalue weighted by Gasteiger charge is 2.28. The third-order valence-corrected chi connectivity index (χ3v) is 4.49. The van der Waals surface area contributed by atoms with E-state index in [9.17, 15) is 0 Å². The zero-order valence-electron chi connectivity index (χ0n) is 13.6. The van der Waals surface area contributed by atoms with Gasteiger partial charge in [-0.05, 0) is 24.0 Å². The van der Waals surface area contributed by atoms with Gasteiger partial charge in [0.2, 0.25) is 0 Å². The van der Waals surface area contributed by atoms with Crippen LogP contribution < -0.4 is 0 Å². The minimum atomic E-state index is 0.251. The normalized spacial score (nSPS) is 13.9. The first-order valence-corrected chi connectivity index (χ1v) is 8.01. The van der Waals surface area contributed by atoms with Crippen molar-refractivity contribution in [2.45, 2.75) is 46.6 Å². The average molecular weight is 279 g/mol. The van der Waals surface area contributed by atoms with Gasteiger partial charge in [-0.2, -0.15) is 0 Å². The van der Waals surface area contributed by atoms with Gasteiger partial charge in [-0.3, -0.25) is 0 Å². The molecule has 1 unspecified atom stereocenters. The van der Waals surface area contributed by atoms with Crippen molar-refractivity contribution < 1.29 is 0 Å². The molecule has 0 aliphatic carbocycles. The van der Waals surface area contributed by atoms with E-state index >= 15 is 0 Å². The lowest BCUT2D eigenvalue weighted by Crippen LogP contribution is -2.24. The molecule has 0 saturated carbocycles. The summed E-state index contributed by atoms with van der Waals surface area (Å²) < 4.78 is 2.58. The van der Waals surface area contributed by atoms with E-state index in [-0.39, 0.29) is 5.41 Å². The fourth-order valence-electron chi connectivity index (χ4n) is 3.51. The summed E-state index contributed by atoms with van der Waals surface area (Å²) in [6, 6.07) is 18.2. The van der Waals surface area contributed by atoms with Crippen LogP contribution in [0.2, 0.25) is 0 Å². The van der Waals surface area contributed by atoms with Gasteiger partial charge >= 0.3 is 0 Å². The van der Waals surface area contributed by atoms with Crippen LogP contribution in [-0.4, -0.2) is 4.57 Å². The highest BCUT2D eigenvalue weighted by Crippen LogP contribution is 2.40. The van der Waals surface area contributed by atoms with Crippen LogP contribution in [0.5, 0.6) is 0 Å². The molecule has 21 heavy (non-hydrogen) atoms. The number of hydrogen-bond donors (Lipinski definition) is 0. The second kappa shape index (κ2) is 5.22. The third kappa shape index (κ3) is 2.35. The maximum atomic E-state index is 2.58. The smallest absolute Gasteiger partial charge is 0.0494 e. The topological polar surface area (TPSA) is 4.93 Å². The van der Waals surface area contributed by atoms with Crippen molar-refractivity contribution >= 4 is 21.8 Å². The standard InChI is InChI=1S/C20H25N/c1-5-10-19(20(2,3)4)21-17-13-8-6-11-15(17)16-12-7-9-14-18(16)21/h6-9,11-14,19H,5,10H2,1-4H3. The highest BCUT2D eigenvalue weighted by atomic mass is 15.0. The molecule has 0 bridgehead atoms. The Morgan fingerprint density at radius 3 is 1.76 bits per heavy atom. The molecule has 0 fully saturated rings. The largest absolute Gasteiger partial charge is 0.337 e. The quantitative estimate of drug-likeness (QED) is 0.539. The number of aromatic nitrogens is 1. The van der Waals surface area contributed by atoms with E-state index in [2.05, 4.69) is 80.8 Å². The molecule has 2 aromatic carbocycles. The van der Waals surface area contributed by atoms with E-state index in [4.69, 9.17) is 0 Å². The average Bonchev–Trinajstić information content (AvgIpc) is 2.78. The monoisotopic (exact) mass is 279 g/mol. The second-order valence-corrected chi connectivity index (χ2v) is 7.07. The molecule has 1 atom stereocenters. The van der Waals surface area contributed by atoms with Crippen LogP contribution in [0.4, 0.5) is 0 Å². The van der Waals surface area contributed by atoms with E-state index in [1.165, 1.54) is 34.6 Å². The summed E-state index contributed by atoms with van der Waals surface area (Å²) in [5.74, 6) is 0. The predicted octanol–water partition coefficient (Wildman–Crippen LogP) is 6.18. The molecule has 0 saturated heterocycles. The summed E-state index contributed by atoms with van der Waals surface area (Å²) >= 11 is 0. The Kier molecular flexibility index (Phi) is 3.52. The van der Waals surface area contributed by atoms with Crippen LogP contribution in [0.3, 0.4) is 0 Å². The highest BCUT2D eigenvalue weighted by molar-refractivity contribution is 6.08. The zero-order valence-corrected chi connectivity index (χ0v) is 13.6. The molecule has 0 radical (unpaired) electrons. The molecule has 0 amide bonds. The Morgan fingerprint density at radius 1 is 0.857 bits per heavy atom. The number of nitrogens with zero attached hydrogens (tertiary/aromatic N) is 1. The van der Waals surface area contributed by atoms with Crippen molar-refractivity contribution in [3.8, 4) is 0 Å². The Balaban J connectivity index is 2.37. The van der Waals surface area contributed by atoms with Crippen molar-refractivity contribution in [3.05, 3.63) is 48.5 Å². The van der Waals surface area contributed by atoms with Gasteiger partial charge in [0.15, 0.2) is 0 Å². The summed E-state index contributed by atoms with van der Waals surface area (Å²) in [6.07, 6.45) is 2.43. The first kappa shape index (κ1) is 14.2. The fourth-order valence-corrected chi connectivity index (χ4v) is 3.51. The zero-order chi connectivity index (χ0) is 15.0. The molecule has 0 spiro atoms. The SMILES string of the molecule is CCCC(n1c2ccccc2c2ccccc21)C(C)(C)C. The number of benzene rings is 2. The molecule has 3 rings (SSSR count). The molecular formula is C20H25N. The molecule has 1 aromatic heterocycles. The lowest BCUT2D eigenvalue weighted by atomic mass is 9.83. The fraction of sp³-hybridized carbons (Fsp3) is 0.400. The lowest BCUT2D eigenvalue weighted by Gasteiger charge is -2.33. The lowest BCUT2D eigenvalue weighted by molar-refractivity contribution is 0.237. The summed E-state index contributed by atoms with van der Waals surface area (Å²) in [5, 5.41) is 2.75.